The zero-order chi connectivity index (χ0) is 13.7. The van der Waals surface area contributed by atoms with Crippen LogP contribution in [0.2, 0.25) is 0 Å². The lowest BCUT2D eigenvalue weighted by molar-refractivity contribution is 0.299. The van der Waals surface area contributed by atoms with Gasteiger partial charge in [-0.2, -0.15) is 4.98 Å². The summed E-state index contributed by atoms with van der Waals surface area (Å²) in [4.78, 5) is 8.53. The normalized spacial score (nSPS) is 10.5. The standard InChI is InChI=1S/C14H15BrN2O2/c1-2-13-16-12(15)9-14(17-13)19-11-5-3-10(4-6-11)7-8-18/h3-6,9,18H,2,7-8H2,1H3. The van der Waals surface area contributed by atoms with Gasteiger partial charge in [-0.25, -0.2) is 4.98 Å². The molecule has 0 aliphatic heterocycles. The predicted octanol–water partition coefficient (Wildman–Crippen LogP) is 3.13. The summed E-state index contributed by atoms with van der Waals surface area (Å²) in [6, 6.07) is 9.34. The van der Waals surface area contributed by atoms with Crippen molar-refractivity contribution < 1.29 is 9.84 Å². The molecule has 2 rings (SSSR count). The molecule has 0 aliphatic rings. The highest BCUT2D eigenvalue weighted by Gasteiger charge is 2.04. The Balaban J connectivity index is 2.14. The summed E-state index contributed by atoms with van der Waals surface area (Å²) in [5.74, 6) is 1.98. The first-order valence-corrected chi connectivity index (χ1v) is 6.91. The smallest absolute Gasteiger partial charge is 0.223 e. The van der Waals surface area contributed by atoms with Crippen LogP contribution < -0.4 is 4.74 Å². The Morgan fingerprint density at radius 3 is 2.58 bits per heavy atom. The zero-order valence-corrected chi connectivity index (χ0v) is 12.2. The average Bonchev–Trinajstić information content (AvgIpc) is 2.40. The maximum Gasteiger partial charge on any atom is 0.223 e. The first-order chi connectivity index (χ1) is 9.21. The lowest BCUT2D eigenvalue weighted by atomic mass is 10.1. The first kappa shape index (κ1) is 14.0. The first-order valence-electron chi connectivity index (χ1n) is 6.12. The molecule has 1 aromatic heterocycles. The van der Waals surface area contributed by atoms with Gasteiger partial charge in [-0.1, -0.05) is 19.1 Å². The van der Waals surface area contributed by atoms with Crippen LogP contribution in [-0.4, -0.2) is 21.7 Å². The lowest BCUT2D eigenvalue weighted by Gasteiger charge is -2.07. The third kappa shape index (κ3) is 4.01. The fourth-order valence-corrected chi connectivity index (χ4v) is 2.03. The Kier molecular flexibility index (Phi) is 4.87. The lowest BCUT2D eigenvalue weighted by Crippen LogP contribution is -1.97. The molecule has 5 heteroatoms. The van der Waals surface area contributed by atoms with Crippen LogP contribution in [0.1, 0.15) is 18.3 Å². The molecule has 0 radical (unpaired) electrons. The number of hydrogen-bond donors (Lipinski definition) is 1. The van der Waals surface area contributed by atoms with Crippen molar-refractivity contribution in [2.24, 2.45) is 0 Å². The van der Waals surface area contributed by atoms with Gasteiger partial charge in [0.05, 0.1) is 0 Å². The average molecular weight is 323 g/mol. The van der Waals surface area contributed by atoms with E-state index in [0.29, 0.717) is 22.7 Å². The Morgan fingerprint density at radius 1 is 1.21 bits per heavy atom. The number of aliphatic hydroxyl groups excluding tert-OH is 1. The number of aryl methyl sites for hydroxylation is 1. The van der Waals surface area contributed by atoms with Gasteiger partial charge in [0.25, 0.3) is 0 Å². The van der Waals surface area contributed by atoms with Crippen molar-refractivity contribution in [3.63, 3.8) is 0 Å². The van der Waals surface area contributed by atoms with Crippen LogP contribution in [0, 0.1) is 0 Å². The van der Waals surface area contributed by atoms with E-state index in [2.05, 4.69) is 25.9 Å². The third-order valence-corrected chi connectivity index (χ3v) is 2.99. The number of ether oxygens (including phenoxy) is 1. The number of aliphatic hydroxyl groups is 1. The molecule has 0 amide bonds. The highest BCUT2D eigenvalue weighted by Crippen LogP contribution is 2.22. The van der Waals surface area contributed by atoms with Gasteiger partial charge in [0.15, 0.2) is 0 Å². The number of halogens is 1. The molecule has 0 fully saturated rings. The minimum absolute atomic E-state index is 0.152. The van der Waals surface area contributed by atoms with Crippen molar-refractivity contribution in [2.75, 3.05) is 6.61 Å². The Labute approximate surface area is 120 Å². The van der Waals surface area contributed by atoms with Crippen molar-refractivity contribution in [2.45, 2.75) is 19.8 Å². The summed E-state index contributed by atoms with van der Waals surface area (Å²) in [7, 11) is 0. The van der Waals surface area contributed by atoms with E-state index >= 15 is 0 Å². The van der Waals surface area contributed by atoms with Gasteiger partial charge in [-0.05, 0) is 40.0 Å². The molecule has 1 aromatic carbocycles. The molecule has 0 aliphatic carbocycles. The molecular weight excluding hydrogens is 308 g/mol. The van der Waals surface area contributed by atoms with Crippen molar-refractivity contribution >= 4 is 15.9 Å². The molecule has 0 saturated heterocycles. The second kappa shape index (κ2) is 6.63. The Hall–Kier alpha value is -1.46. The van der Waals surface area contributed by atoms with E-state index in [4.69, 9.17) is 9.84 Å². The number of hydrogen-bond acceptors (Lipinski definition) is 4. The van der Waals surface area contributed by atoms with E-state index in [9.17, 15) is 0 Å². The Morgan fingerprint density at radius 2 is 1.95 bits per heavy atom. The molecule has 0 atom stereocenters. The maximum atomic E-state index is 8.86. The van der Waals surface area contributed by atoms with Crippen LogP contribution in [0.4, 0.5) is 0 Å². The summed E-state index contributed by atoms with van der Waals surface area (Å²) in [5, 5.41) is 8.86. The van der Waals surface area contributed by atoms with Gasteiger partial charge >= 0.3 is 0 Å². The molecule has 1 N–H and O–H groups in total. The van der Waals surface area contributed by atoms with Gasteiger partial charge in [0, 0.05) is 19.1 Å². The van der Waals surface area contributed by atoms with Crippen molar-refractivity contribution in [1.82, 2.24) is 9.97 Å². The fraction of sp³-hybridized carbons (Fsp3) is 0.286. The van der Waals surface area contributed by atoms with E-state index in [1.54, 1.807) is 6.07 Å². The van der Waals surface area contributed by atoms with Crippen molar-refractivity contribution in [3.05, 3.63) is 46.3 Å². The van der Waals surface area contributed by atoms with Gasteiger partial charge in [-0.3, -0.25) is 0 Å². The summed E-state index contributed by atoms with van der Waals surface area (Å²) in [6.45, 7) is 2.15. The molecule has 2 aromatic rings. The number of benzene rings is 1. The molecule has 0 unspecified atom stereocenters. The molecule has 0 bridgehead atoms. The number of aromatic nitrogens is 2. The topological polar surface area (TPSA) is 55.2 Å². The van der Waals surface area contributed by atoms with Gasteiger partial charge in [0.2, 0.25) is 5.88 Å². The SMILES string of the molecule is CCc1nc(Br)cc(Oc2ccc(CCO)cc2)n1. The predicted molar refractivity (Wildman–Crippen MR) is 76.4 cm³/mol. The molecule has 19 heavy (non-hydrogen) atoms. The quantitative estimate of drug-likeness (QED) is 0.859. The summed E-state index contributed by atoms with van der Waals surface area (Å²) < 4.78 is 6.41. The molecule has 100 valence electrons. The fourth-order valence-electron chi connectivity index (χ4n) is 1.63. The molecule has 0 spiro atoms. The van der Waals surface area contributed by atoms with E-state index in [1.807, 2.05) is 31.2 Å². The van der Waals surface area contributed by atoms with E-state index in [0.717, 1.165) is 17.8 Å². The largest absolute Gasteiger partial charge is 0.439 e. The highest BCUT2D eigenvalue weighted by atomic mass is 79.9. The van der Waals surface area contributed by atoms with Gasteiger partial charge < -0.3 is 9.84 Å². The molecular formula is C14H15BrN2O2. The van der Waals surface area contributed by atoms with Crippen LogP contribution in [0.3, 0.4) is 0 Å². The van der Waals surface area contributed by atoms with Crippen LogP contribution >= 0.6 is 15.9 Å². The van der Waals surface area contributed by atoms with Gasteiger partial charge in [-0.15, -0.1) is 0 Å². The minimum Gasteiger partial charge on any atom is -0.439 e. The van der Waals surface area contributed by atoms with E-state index < -0.39 is 0 Å². The van der Waals surface area contributed by atoms with E-state index in [-0.39, 0.29) is 6.61 Å². The molecule has 4 nitrogen and oxygen atoms in total. The minimum atomic E-state index is 0.152. The summed E-state index contributed by atoms with van der Waals surface area (Å²) in [6.07, 6.45) is 1.41. The number of rotatable bonds is 5. The van der Waals surface area contributed by atoms with Crippen LogP contribution in [-0.2, 0) is 12.8 Å². The monoisotopic (exact) mass is 322 g/mol. The highest BCUT2D eigenvalue weighted by molar-refractivity contribution is 9.10. The third-order valence-electron chi connectivity index (χ3n) is 2.58. The van der Waals surface area contributed by atoms with Crippen molar-refractivity contribution in [1.29, 1.82) is 0 Å². The van der Waals surface area contributed by atoms with E-state index in [1.165, 1.54) is 0 Å². The van der Waals surface area contributed by atoms with Crippen molar-refractivity contribution in [3.8, 4) is 11.6 Å². The van der Waals surface area contributed by atoms with Crippen LogP contribution in [0.15, 0.2) is 34.9 Å². The summed E-state index contributed by atoms with van der Waals surface area (Å²) in [5.41, 5.74) is 1.08. The van der Waals surface area contributed by atoms with Crippen LogP contribution in [0.5, 0.6) is 11.6 Å². The Bertz CT molecular complexity index is 544. The van der Waals surface area contributed by atoms with Gasteiger partial charge in [0.1, 0.15) is 16.2 Å². The molecule has 0 saturated carbocycles. The summed E-state index contributed by atoms with van der Waals surface area (Å²) >= 11 is 3.34. The van der Waals surface area contributed by atoms with Crippen LogP contribution in [0.25, 0.3) is 0 Å². The number of nitrogens with zero attached hydrogens (tertiary/aromatic N) is 2. The second-order valence-electron chi connectivity index (χ2n) is 4.02. The molecule has 1 heterocycles. The maximum absolute atomic E-state index is 8.86. The zero-order valence-electron chi connectivity index (χ0n) is 10.6. The second-order valence-corrected chi connectivity index (χ2v) is 4.83.